The van der Waals surface area contributed by atoms with Crippen molar-refractivity contribution in [2.45, 2.75) is 122 Å². The summed E-state index contributed by atoms with van der Waals surface area (Å²) in [5.74, 6) is 0.316. The van der Waals surface area contributed by atoms with Gasteiger partial charge < -0.3 is 15.2 Å². The molecule has 3 aromatic rings. The molecule has 0 bridgehead atoms. The first-order chi connectivity index (χ1) is 20.6. The van der Waals surface area contributed by atoms with Crippen LogP contribution in [0.3, 0.4) is 0 Å². The van der Waals surface area contributed by atoms with Gasteiger partial charge in [-0.1, -0.05) is 88.8 Å². The number of rotatable bonds is 23. The maximum absolute atomic E-state index is 12.1. The number of benzene rings is 2. The van der Waals surface area contributed by atoms with E-state index >= 15 is 0 Å². The summed E-state index contributed by atoms with van der Waals surface area (Å²) < 4.78 is 7.97. The van der Waals surface area contributed by atoms with Crippen LogP contribution < -0.4 is 14.6 Å². The van der Waals surface area contributed by atoms with Crippen LogP contribution in [0.5, 0.6) is 5.75 Å². The normalized spacial score (nSPS) is 11.3. The van der Waals surface area contributed by atoms with Crippen molar-refractivity contribution in [3.8, 4) is 5.75 Å². The first-order valence-electron chi connectivity index (χ1n) is 16.3. The molecule has 1 heterocycles. The number of aryl methyl sites for hydroxylation is 1. The van der Waals surface area contributed by atoms with E-state index in [2.05, 4.69) is 34.1 Å². The van der Waals surface area contributed by atoms with E-state index in [9.17, 15) is 9.59 Å². The maximum Gasteiger partial charge on any atom is 0.303 e. The average molecular weight is 579 g/mol. The number of nitrogens with zero attached hydrogens (tertiary/aromatic N) is 2. The fourth-order valence-electron chi connectivity index (χ4n) is 5.68. The summed E-state index contributed by atoms with van der Waals surface area (Å²) in [6, 6.07) is 14.5. The van der Waals surface area contributed by atoms with Crippen molar-refractivity contribution in [2.24, 2.45) is 0 Å². The van der Waals surface area contributed by atoms with Crippen LogP contribution in [-0.4, -0.2) is 35.6 Å². The van der Waals surface area contributed by atoms with Gasteiger partial charge in [-0.15, -0.1) is 0 Å². The fraction of sp³-hybridized carbons (Fsp3) is 0.600. The van der Waals surface area contributed by atoms with Crippen molar-refractivity contribution in [1.82, 2.24) is 10.3 Å². The summed E-state index contributed by atoms with van der Waals surface area (Å²) in [6.45, 7) is 1.76. The van der Waals surface area contributed by atoms with Gasteiger partial charge in [0.15, 0.2) is 11.3 Å². The lowest BCUT2D eigenvalue weighted by molar-refractivity contribution is -0.646. The molecule has 2 aromatic carbocycles. The average Bonchev–Trinajstić information content (AvgIpc) is 2.99. The molecule has 0 saturated heterocycles. The van der Waals surface area contributed by atoms with Crippen LogP contribution >= 0.6 is 0 Å². The smallest absolute Gasteiger partial charge is 0.303 e. The number of hydrogen-bond acceptors (Lipinski definition) is 4. The van der Waals surface area contributed by atoms with Crippen LogP contribution in [0.1, 0.15) is 116 Å². The number of unbranched alkanes of at least 4 members (excludes halogenated alkanes) is 14. The van der Waals surface area contributed by atoms with E-state index in [0.717, 1.165) is 86.8 Å². The Hall–Kier alpha value is -3.22. The molecule has 0 atom stereocenters. The highest BCUT2D eigenvalue weighted by Gasteiger charge is 2.18. The Morgan fingerprint density at radius 2 is 1.29 bits per heavy atom. The van der Waals surface area contributed by atoms with Crippen LogP contribution in [0.4, 0.5) is 0 Å². The number of methoxy groups -OCH3 is 1. The van der Waals surface area contributed by atoms with E-state index in [1.54, 1.807) is 7.11 Å². The quantitative estimate of drug-likeness (QED) is 0.0678. The van der Waals surface area contributed by atoms with Crippen LogP contribution in [0.2, 0.25) is 0 Å². The zero-order valence-electron chi connectivity index (χ0n) is 25.7. The van der Waals surface area contributed by atoms with Crippen LogP contribution in [0, 0.1) is 0 Å². The number of para-hydroxylation sites is 3. The lowest BCUT2D eigenvalue weighted by Gasteiger charge is -2.08. The predicted molar refractivity (Wildman–Crippen MR) is 170 cm³/mol. The van der Waals surface area contributed by atoms with E-state index in [1.165, 1.54) is 56.9 Å². The number of hydrogen-bond donors (Lipinski definition) is 2. The van der Waals surface area contributed by atoms with Gasteiger partial charge in [0.2, 0.25) is 16.9 Å². The largest absolute Gasteiger partial charge is 0.494 e. The van der Waals surface area contributed by atoms with Gasteiger partial charge in [-0.2, -0.15) is 4.57 Å². The molecule has 0 unspecified atom stereocenters. The molecule has 0 fully saturated rings. The van der Waals surface area contributed by atoms with Crippen molar-refractivity contribution < 1.29 is 24.0 Å². The van der Waals surface area contributed by atoms with Gasteiger partial charge in [0.25, 0.3) is 0 Å². The lowest BCUT2D eigenvalue weighted by atomic mass is 10.1. The predicted octanol–water partition coefficient (Wildman–Crippen LogP) is 7.91. The second kappa shape index (κ2) is 19.8. The van der Waals surface area contributed by atoms with E-state index in [0.29, 0.717) is 12.8 Å². The van der Waals surface area contributed by atoms with Gasteiger partial charge in [-0.05, 0) is 37.8 Å². The standard InChI is InChI=1S/C35H51N3O4/c1-42-32-24-20-23-31-35(32)37-29-21-16-17-22-30(29)38(31)28-19-13-9-5-3-6-10-14-25-33(39)36-27-18-12-8-4-2-7-11-15-26-34(40)41/h16-17,20-24H,2-15,18-19,25-28H2,1H3,(H-,36,39,40,41)/p+1. The summed E-state index contributed by atoms with van der Waals surface area (Å²) >= 11 is 0. The summed E-state index contributed by atoms with van der Waals surface area (Å²) in [6.07, 6.45) is 19.1. The number of carboxylic acids is 1. The molecule has 0 radical (unpaired) electrons. The molecule has 42 heavy (non-hydrogen) atoms. The third-order valence-electron chi connectivity index (χ3n) is 8.07. The van der Waals surface area contributed by atoms with Crippen LogP contribution in [0.15, 0.2) is 42.5 Å². The minimum Gasteiger partial charge on any atom is -0.494 e. The van der Waals surface area contributed by atoms with Crippen LogP contribution in [0.25, 0.3) is 22.1 Å². The Bertz CT molecular complexity index is 1230. The molecule has 1 amide bonds. The van der Waals surface area contributed by atoms with Gasteiger partial charge in [0.1, 0.15) is 12.1 Å². The molecule has 7 heteroatoms. The van der Waals surface area contributed by atoms with Crippen LogP contribution in [-0.2, 0) is 16.1 Å². The van der Waals surface area contributed by atoms with Crippen molar-refractivity contribution in [3.05, 3.63) is 42.5 Å². The van der Waals surface area contributed by atoms with Crippen molar-refractivity contribution in [1.29, 1.82) is 0 Å². The monoisotopic (exact) mass is 578 g/mol. The summed E-state index contributed by atoms with van der Waals surface area (Å²) in [5, 5.41) is 11.7. The molecular weight excluding hydrogens is 526 g/mol. The highest BCUT2D eigenvalue weighted by molar-refractivity contribution is 5.85. The molecule has 0 saturated carbocycles. The number of fused-ring (bicyclic) bond motifs is 2. The van der Waals surface area contributed by atoms with Gasteiger partial charge in [-0.25, -0.2) is 4.98 Å². The lowest BCUT2D eigenvalue weighted by Crippen LogP contribution is -2.36. The SMILES string of the molecule is COc1cccc2c1nc1ccccc1[n+]2CCCCCCCCCCC(=O)NCCCCCCCCCCC(=O)O. The number of nitrogens with one attached hydrogen (secondary N) is 1. The summed E-state index contributed by atoms with van der Waals surface area (Å²) in [4.78, 5) is 27.4. The number of carbonyl (C=O) groups excluding carboxylic acids is 1. The van der Waals surface area contributed by atoms with Crippen molar-refractivity contribution in [2.75, 3.05) is 13.7 Å². The first kappa shape index (κ1) is 33.3. The number of carboxylic acid groups (broad SMARTS) is 1. The third-order valence-corrected chi connectivity index (χ3v) is 8.07. The zero-order chi connectivity index (χ0) is 29.8. The number of amides is 1. The molecule has 0 aliphatic heterocycles. The second-order valence-electron chi connectivity index (χ2n) is 11.5. The molecule has 0 spiro atoms. The Labute approximate surface area is 252 Å². The second-order valence-corrected chi connectivity index (χ2v) is 11.5. The molecular formula is C35H52N3O4+. The van der Waals surface area contributed by atoms with Gasteiger partial charge >= 0.3 is 5.97 Å². The summed E-state index contributed by atoms with van der Waals surface area (Å²) in [5.41, 5.74) is 4.20. The highest BCUT2D eigenvalue weighted by Crippen LogP contribution is 2.24. The third kappa shape index (κ3) is 11.9. The number of aliphatic carboxylic acids is 1. The Kier molecular flexibility index (Phi) is 15.7. The zero-order valence-corrected chi connectivity index (χ0v) is 25.7. The molecule has 3 rings (SSSR count). The Morgan fingerprint density at radius 1 is 0.714 bits per heavy atom. The van der Waals surface area contributed by atoms with E-state index < -0.39 is 5.97 Å². The fourth-order valence-corrected chi connectivity index (χ4v) is 5.68. The Morgan fingerprint density at radius 3 is 1.95 bits per heavy atom. The van der Waals surface area contributed by atoms with E-state index in [-0.39, 0.29) is 5.91 Å². The van der Waals surface area contributed by atoms with Gasteiger partial charge in [0, 0.05) is 37.9 Å². The molecule has 2 N–H and O–H groups in total. The molecule has 230 valence electrons. The van der Waals surface area contributed by atoms with E-state index in [1.807, 2.05) is 18.2 Å². The molecule has 0 aliphatic carbocycles. The minimum absolute atomic E-state index is 0.194. The number of ether oxygens (including phenoxy) is 1. The minimum atomic E-state index is -0.693. The van der Waals surface area contributed by atoms with Crippen molar-refractivity contribution >= 4 is 33.9 Å². The van der Waals surface area contributed by atoms with Gasteiger partial charge in [0.05, 0.1) is 7.11 Å². The Balaban J connectivity index is 1.17. The van der Waals surface area contributed by atoms with Gasteiger partial charge in [-0.3, -0.25) is 9.59 Å². The van der Waals surface area contributed by atoms with Crippen molar-refractivity contribution in [3.63, 3.8) is 0 Å². The number of aromatic nitrogens is 2. The summed E-state index contributed by atoms with van der Waals surface area (Å²) in [7, 11) is 1.70. The molecule has 0 aliphatic rings. The highest BCUT2D eigenvalue weighted by atomic mass is 16.5. The first-order valence-corrected chi connectivity index (χ1v) is 16.3. The topological polar surface area (TPSA) is 92.4 Å². The molecule has 7 nitrogen and oxygen atoms in total. The maximum atomic E-state index is 12.1. The molecule has 1 aromatic heterocycles. The van der Waals surface area contributed by atoms with E-state index in [4.69, 9.17) is 14.8 Å². The number of carbonyl (C=O) groups is 2.